The molecule has 1 saturated heterocycles. The zero-order valence-corrected chi connectivity index (χ0v) is 14.1. The summed E-state index contributed by atoms with van der Waals surface area (Å²) in [6.45, 7) is 2.05. The summed E-state index contributed by atoms with van der Waals surface area (Å²) in [5, 5.41) is 8.46. The van der Waals surface area contributed by atoms with E-state index in [2.05, 4.69) is 17.2 Å². The van der Waals surface area contributed by atoms with Crippen LogP contribution in [0.4, 0.5) is 10.6 Å². The summed E-state index contributed by atoms with van der Waals surface area (Å²) < 4.78 is 1.69. The number of carbonyl (C=O) groups is 1. The zero-order chi connectivity index (χ0) is 17.4. The molecule has 2 amide bonds. The van der Waals surface area contributed by atoms with Crippen molar-refractivity contribution in [2.45, 2.75) is 19.0 Å². The van der Waals surface area contributed by atoms with Gasteiger partial charge in [0.2, 0.25) is 0 Å². The normalized spacial score (nSPS) is 20.3. The van der Waals surface area contributed by atoms with Crippen molar-refractivity contribution in [1.82, 2.24) is 19.9 Å². The van der Waals surface area contributed by atoms with Crippen LogP contribution in [0.25, 0.3) is 5.69 Å². The van der Waals surface area contributed by atoms with Gasteiger partial charge in [-0.1, -0.05) is 53.7 Å². The molecule has 1 fully saturated rings. The molecule has 126 valence electrons. The molecule has 3 aromatic rings. The number of urea groups is 1. The van der Waals surface area contributed by atoms with E-state index in [-0.39, 0.29) is 18.1 Å². The van der Waals surface area contributed by atoms with Crippen LogP contribution >= 0.6 is 0 Å². The van der Waals surface area contributed by atoms with Gasteiger partial charge in [0, 0.05) is 7.05 Å². The van der Waals surface area contributed by atoms with Crippen molar-refractivity contribution < 1.29 is 4.79 Å². The van der Waals surface area contributed by atoms with Crippen molar-refractivity contribution in [2.75, 3.05) is 11.9 Å². The van der Waals surface area contributed by atoms with Crippen LogP contribution in [0.5, 0.6) is 0 Å². The fourth-order valence-electron chi connectivity index (χ4n) is 3.28. The molecular formula is C19H19N5O. The van der Waals surface area contributed by atoms with Crippen LogP contribution < -0.4 is 4.90 Å². The Bertz CT molecular complexity index is 877. The van der Waals surface area contributed by atoms with E-state index in [1.165, 1.54) is 0 Å². The van der Waals surface area contributed by atoms with E-state index in [0.29, 0.717) is 5.82 Å². The van der Waals surface area contributed by atoms with Gasteiger partial charge in [0.15, 0.2) is 5.82 Å². The van der Waals surface area contributed by atoms with Gasteiger partial charge in [-0.3, -0.25) is 4.90 Å². The molecule has 0 radical (unpaired) electrons. The number of para-hydroxylation sites is 1. The van der Waals surface area contributed by atoms with E-state index in [0.717, 1.165) is 11.3 Å². The number of hydrogen-bond donors (Lipinski definition) is 0. The first-order valence-corrected chi connectivity index (χ1v) is 8.25. The average molecular weight is 333 g/mol. The monoisotopic (exact) mass is 333 g/mol. The second-order valence-corrected chi connectivity index (χ2v) is 6.22. The maximum absolute atomic E-state index is 12.8. The van der Waals surface area contributed by atoms with Crippen LogP contribution in [0.15, 0.2) is 66.9 Å². The summed E-state index contributed by atoms with van der Waals surface area (Å²) in [7, 11) is 1.82. The second-order valence-electron chi connectivity index (χ2n) is 6.22. The standard InChI is InChI=1S/C19H19N5O/c1-14-18(15-9-5-3-6-10-15)24(19(25)22(14)2)17-13-23(21-20-17)16-11-7-4-8-12-16/h3-14,18H,1-2H3/t14-,18-/m0/s1. The largest absolute Gasteiger partial charge is 0.326 e. The fraction of sp³-hybridized carbons (Fsp3) is 0.211. The van der Waals surface area contributed by atoms with Gasteiger partial charge < -0.3 is 4.90 Å². The highest BCUT2D eigenvalue weighted by Crippen LogP contribution is 2.37. The lowest BCUT2D eigenvalue weighted by molar-refractivity contribution is 0.220. The van der Waals surface area contributed by atoms with Crippen molar-refractivity contribution in [1.29, 1.82) is 0 Å². The molecule has 0 bridgehead atoms. The lowest BCUT2D eigenvalue weighted by Gasteiger charge is -2.23. The maximum Gasteiger partial charge on any atom is 0.326 e. The number of anilines is 1. The van der Waals surface area contributed by atoms with Gasteiger partial charge in [0.1, 0.15) is 0 Å². The fourth-order valence-corrected chi connectivity index (χ4v) is 3.28. The zero-order valence-electron chi connectivity index (χ0n) is 14.1. The molecule has 25 heavy (non-hydrogen) atoms. The molecule has 1 aliphatic heterocycles. The lowest BCUT2D eigenvalue weighted by Crippen LogP contribution is -2.31. The quantitative estimate of drug-likeness (QED) is 0.739. The SMILES string of the molecule is C[C@H]1[C@@H](c2ccccc2)N(c2cn(-c3ccccc3)nn2)C(=O)N1C. The number of nitrogens with zero attached hydrogens (tertiary/aromatic N) is 5. The minimum Gasteiger partial charge on any atom is -0.322 e. The van der Waals surface area contributed by atoms with Gasteiger partial charge >= 0.3 is 6.03 Å². The Morgan fingerprint density at radius 3 is 2.28 bits per heavy atom. The molecule has 6 heteroatoms. The summed E-state index contributed by atoms with van der Waals surface area (Å²) in [5.74, 6) is 0.555. The molecule has 2 atom stereocenters. The molecule has 0 aliphatic carbocycles. The molecule has 0 saturated carbocycles. The van der Waals surface area contributed by atoms with Crippen LogP contribution in [0.1, 0.15) is 18.5 Å². The first kappa shape index (κ1) is 15.4. The highest BCUT2D eigenvalue weighted by molar-refractivity contribution is 5.94. The van der Waals surface area contributed by atoms with Gasteiger partial charge in [-0.2, -0.15) is 0 Å². The van der Waals surface area contributed by atoms with Gasteiger partial charge in [0.25, 0.3) is 0 Å². The third-order valence-electron chi connectivity index (χ3n) is 4.74. The summed E-state index contributed by atoms with van der Waals surface area (Å²) >= 11 is 0. The van der Waals surface area contributed by atoms with E-state index in [1.807, 2.05) is 67.7 Å². The molecule has 0 N–H and O–H groups in total. The smallest absolute Gasteiger partial charge is 0.322 e. The van der Waals surface area contributed by atoms with Crippen LogP contribution in [-0.4, -0.2) is 39.0 Å². The Morgan fingerprint density at radius 2 is 1.60 bits per heavy atom. The van der Waals surface area contributed by atoms with Crippen molar-refractivity contribution in [3.63, 3.8) is 0 Å². The average Bonchev–Trinajstić information content (AvgIpc) is 3.22. The number of likely N-dealkylation sites (N-methyl/N-ethyl adjacent to an activating group) is 1. The number of amides is 2. The molecule has 4 rings (SSSR count). The van der Waals surface area contributed by atoms with E-state index in [4.69, 9.17) is 0 Å². The Balaban J connectivity index is 1.75. The molecule has 2 heterocycles. The number of aromatic nitrogens is 3. The highest BCUT2D eigenvalue weighted by atomic mass is 16.2. The molecule has 1 aromatic heterocycles. The topological polar surface area (TPSA) is 54.3 Å². The van der Waals surface area contributed by atoms with Crippen molar-refractivity contribution >= 4 is 11.8 Å². The van der Waals surface area contributed by atoms with Crippen LogP contribution in [-0.2, 0) is 0 Å². The molecular weight excluding hydrogens is 314 g/mol. The molecule has 6 nitrogen and oxygen atoms in total. The third kappa shape index (κ3) is 2.55. The van der Waals surface area contributed by atoms with Gasteiger partial charge in [-0.05, 0) is 24.6 Å². The van der Waals surface area contributed by atoms with Crippen LogP contribution in [0, 0.1) is 0 Å². The second kappa shape index (κ2) is 6.05. The molecule has 0 unspecified atom stereocenters. The Hall–Kier alpha value is -3.15. The number of benzene rings is 2. The highest BCUT2D eigenvalue weighted by Gasteiger charge is 2.44. The summed E-state index contributed by atoms with van der Waals surface area (Å²) in [6.07, 6.45) is 1.80. The predicted molar refractivity (Wildman–Crippen MR) is 95.6 cm³/mol. The summed E-state index contributed by atoms with van der Waals surface area (Å²) in [6, 6.07) is 19.7. The minimum atomic E-state index is -0.0976. The van der Waals surface area contributed by atoms with Gasteiger partial charge in [-0.15, -0.1) is 5.10 Å². The number of carbonyl (C=O) groups excluding carboxylic acids is 1. The Morgan fingerprint density at radius 1 is 0.960 bits per heavy atom. The molecule has 2 aromatic carbocycles. The van der Waals surface area contributed by atoms with E-state index in [1.54, 1.807) is 20.7 Å². The van der Waals surface area contributed by atoms with Gasteiger partial charge in [-0.25, -0.2) is 9.48 Å². The summed E-state index contributed by atoms with van der Waals surface area (Å²) in [5.41, 5.74) is 1.99. The van der Waals surface area contributed by atoms with Crippen molar-refractivity contribution in [2.24, 2.45) is 0 Å². The molecule has 1 aliphatic rings. The van der Waals surface area contributed by atoms with E-state index in [9.17, 15) is 4.79 Å². The lowest BCUT2D eigenvalue weighted by atomic mass is 10.0. The van der Waals surface area contributed by atoms with Crippen LogP contribution in [0.3, 0.4) is 0 Å². The van der Waals surface area contributed by atoms with Crippen molar-refractivity contribution in [3.8, 4) is 5.69 Å². The predicted octanol–water partition coefficient (Wildman–Crippen LogP) is 3.27. The number of hydrogen-bond acceptors (Lipinski definition) is 3. The first-order valence-electron chi connectivity index (χ1n) is 8.25. The Labute approximate surface area is 146 Å². The Kier molecular flexibility index (Phi) is 3.72. The summed E-state index contributed by atoms with van der Waals surface area (Å²) in [4.78, 5) is 16.3. The molecule has 0 spiro atoms. The van der Waals surface area contributed by atoms with Crippen LogP contribution in [0.2, 0.25) is 0 Å². The minimum absolute atomic E-state index is 0.0387. The van der Waals surface area contributed by atoms with Gasteiger partial charge in [0.05, 0.1) is 24.0 Å². The number of rotatable bonds is 3. The first-order chi connectivity index (χ1) is 12.2. The maximum atomic E-state index is 12.8. The van der Waals surface area contributed by atoms with E-state index < -0.39 is 0 Å². The van der Waals surface area contributed by atoms with E-state index >= 15 is 0 Å². The van der Waals surface area contributed by atoms with Crippen molar-refractivity contribution in [3.05, 3.63) is 72.4 Å². The third-order valence-corrected chi connectivity index (χ3v) is 4.74.